The number of hydrogen-bond acceptors (Lipinski definition) is 3. The van der Waals surface area contributed by atoms with E-state index in [0.29, 0.717) is 30.9 Å². The van der Waals surface area contributed by atoms with Crippen molar-refractivity contribution in [1.82, 2.24) is 9.88 Å². The predicted molar refractivity (Wildman–Crippen MR) is 129 cm³/mol. The van der Waals surface area contributed by atoms with E-state index in [4.69, 9.17) is 16.9 Å². The van der Waals surface area contributed by atoms with Crippen molar-refractivity contribution in [2.24, 2.45) is 11.5 Å². The fourth-order valence-electron chi connectivity index (χ4n) is 3.88. The normalized spacial score (nSPS) is 10.9. The Morgan fingerprint density at radius 2 is 1.66 bits per heavy atom. The van der Waals surface area contributed by atoms with Gasteiger partial charge in [-0.1, -0.05) is 66.7 Å². The topological polar surface area (TPSA) is 110 Å². The third-order valence-corrected chi connectivity index (χ3v) is 5.59. The van der Waals surface area contributed by atoms with E-state index < -0.39 is 0 Å². The van der Waals surface area contributed by atoms with E-state index >= 15 is 0 Å². The number of nitrogen functional groups attached to an aromatic ring is 1. The number of carbonyl (C=O) groups is 1. The molecule has 6 N–H and O–H groups in total. The lowest BCUT2D eigenvalue weighted by molar-refractivity contribution is 0.0942. The van der Waals surface area contributed by atoms with E-state index in [-0.39, 0.29) is 11.7 Å². The lowest BCUT2D eigenvalue weighted by atomic mass is 10.1. The van der Waals surface area contributed by atoms with Gasteiger partial charge in [0.05, 0.1) is 0 Å². The van der Waals surface area contributed by atoms with Crippen LogP contribution in [-0.4, -0.2) is 16.3 Å². The van der Waals surface area contributed by atoms with E-state index in [9.17, 15) is 4.79 Å². The first-order valence-corrected chi connectivity index (χ1v) is 10.6. The Balaban J connectivity index is 1.63. The third kappa shape index (κ3) is 4.71. The fraction of sp³-hybridized carbons (Fsp3) is 0.154. The molecule has 0 aliphatic heterocycles. The van der Waals surface area contributed by atoms with Crippen molar-refractivity contribution in [3.63, 3.8) is 0 Å². The highest BCUT2D eigenvalue weighted by Crippen LogP contribution is 2.23. The van der Waals surface area contributed by atoms with Gasteiger partial charge in [0.2, 0.25) is 0 Å². The molecule has 32 heavy (non-hydrogen) atoms. The molecule has 0 atom stereocenters. The van der Waals surface area contributed by atoms with E-state index in [1.165, 1.54) is 5.56 Å². The molecule has 0 radical (unpaired) electrons. The molecule has 6 nitrogen and oxygen atoms in total. The summed E-state index contributed by atoms with van der Waals surface area (Å²) < 4.78 is 2.01. The molecule has 0 fully saturated rings. The summed E-state index contributed by atoms with van der Waals surface area (Å²) in [4.78, 5) is 13.2. The van der Waals surface area contributed by atoms with Crippen LogP contribution in [0.5, 0.6) is 0 Å². The second-order valence-electron chi connectivity index (χ2n) is 7.81. The Kier molecular flexibility index (Phi) is 6.33. The van der Waals surface area contributed by atoms with Gasteiger partial charge in [0.15, 0.2) is 0 Å². The molecule has 0 saturated heterocycles. The third-order valence-electron chi connectivity index (χ3n) is 5.59. The van der Waals surface area contributed by atoms with Gasteiger partial charge in [0, 0.05) is 36.1 Å². The zero-order valence-corrected chi connectivity index (χ0v) is 17.8. The van der Waals surface area contributed by atoms with Crippen molar-refractivity contribution >= 4 is 22.6 Å². The first-order chi connectivity index (χ1) is 15.5. The maximum absolute atomic E-state index is 13.2. The van der Waals surface area contributed by atoms with Gasteiger partial charge in [0.1, 0.15) is 11.5 Å². The molecule has 4 aromatic rings. The molecule has 0 unspecified atom stereocenters. The molecule has 1 aromatic heterocycles. The highest BCUT2D eigenvalue weighted by Gasteiger charge is 2.16. The van der Waals surface area contributed by atoms with Crippen molar-refractivity contribution in [3.8, 4) is 0 Å². The predicted octanol–water partition coefficient (Wildman–Crippen LogP) is 3.56. The zero-order valence-electron chi connectivity index (χ0n) is 17.8. The van der Waals surface area contributed by atoms with Crippen LogP contribution in [-0.2, 0) is 26.1 Å². The molecule has 0 spiro atoms. The largest absolute Gasteiger partial charge is 0.384 e. The fourth-order valence-corrected chi connectivity index (χ4v) is 3.88. The van der Waals surface area contributed by atoms with Gasteiger partial charge in [0.25, 0.3) is 5.91 Å². The molecular weight excluding hydrogens is 398 g/mol. The molecule has 0 bridgehead atoms. The summed E-state index contributed by atoms with van der Waals surface area (Å²) >= 11 is 0. The first-order valence-electron chi connectivity index (χ1n) is 10.6. The summed E-state index contributed by atoms with van der Waals surface area (Å²) in [7, 11) is 0. The van der Waals surface area contributed by atoms with Gasteiger partial charge in [-0.3, -0.25) is 10.2 Å². The molecule has 3 aromatic carbocycles. The van der Waals surface area contributed by atoms with Gasteiger partial charge in [-0.15, -0.1) is 0 Å². The zero-order chi connectivity index (χ0) is 22.5. The molecule has 1 heterocycles. The van der Waals surface area contributed by atoms with Crippen molar-refractivity contribution in [2.75, 3.05) is 0 Å². The Labute approximate surface area is 187 Å². The monoisotopic (exact) mass is 425 g/mol. The molecular formula is C26H27N5O. The minimum Gasteiger partial charge on any atom is -0.384 e. The van der Waals surface area contributed by atoms with Crippen LogP contribution in [0, 0.1) is 5.41 Å². The number of aromatic nitrogens is 1. The number of rotatable bonds is 8. The summed E-state index contributed by atoms with van der Waals surface area (Å²) in [5, 5.41) is 11.8. The number of carbonyl (C=O) groups excluding carboxylic acids is 1. The van der Waals surface area contributed by atoms with Crippen molar-refractivity contribution in [1.29, 1.82) is 5.41 Å². The van der Waals surface area contributed by atoms with Crippen molar-refractivity contribution in [2.45, 2.75) is 26.1 Å². The van der Waals surface area contributed by atoms with Crippen LogP contribution in [0.25, 0.3) is 10.9 Å². The molecule has 6 heteroatoms. The van der Waals surface area contributed by atoms with Crippen LogP contribution in [0.2, 0.25) is 0 Å². The Morgan fingerprint density at radius 3 is 2.41 bits per heavy atom. The number of hydrogen-bond donors (Lipinski definition) is 4. The summed E-state index contributed by atoms with van der Waals surface area (Å²) in [5.41, 5.74) is 16.8. The standard InChI is InChI=1S/C26H27N5O/c27-16-19-7-4-8-20(13-19)17-30-26(32)24-14-21-9-10-22(25(28)29)15-23(21)31(24)12-11-18-5-2-1-3-6-18/h1-10,13-15H,11-12,16-17,27H2,(H3,28,29)(H,30,32). The average molecular weight is 426 g/mol. The second-order valence-corrected chi connectivity index (χ2v) is 7.81. The maximum atomic E-state index is 13.2. The molecule has 1 amide bonds. The van der Waals surface area contributed by atoms with Crippen LogP contribution >= 0.6 is 0 Å². The van der Waals surface area contributed by atoms with E-state index in [1.807, 2.05) is 71.3 Å². The van der Waals surface area contributed by atoms with E-state index in [1.54, 1.807) is 0 Å². The lowest BCUT2D eigenvalue weighted by Crippen LogP contribution is -2.26. The highest BCUT2D eigenvalue weighted by molar-refractivity contribution is 6.02. The number of fused-ring (bicyclic) bond motifs is 1. The number of amidine groups is 1. The molecule has 0 saturated carbocycles. The van der Waals surface area contributed by atoms with Crippen LogP contribution in [0.4, 0.5) is 0 Å². The smallest absolute Gasteiger partial charge is 0.268 e. The van der Waals surface area contributed by atoms with Crippen LogP contribution in [0.1, 0.15) is 32.7 Å². The van der Waals surface area contributed by atoms with E-state index in [0.717, 1.165) is 28.5 Å². The Bertz CT molecular complexity index is 1260. The van der Waals surface area contributed by atoms with Gasteiger partial charge < -0.3 is 21.4 Å². The number of nitrogens with two attached hydrogens (primary N) is 2. The number of nitrogens with zero attached hydrogens (tertiary/aromatic N) is 1. The number of benzene rings is 3. The molecule has 0 aliphatic rings. The highest BCUT2D eigenvalue weighted by atomic mass is 16.1. The number of amides is 1. The average Bonchev–Trinajstić information content (AvgIpc) is 3.19. The Hall–Kier alpha value is -3.90. The van der Waals surface area contributed by atoms with Gasteiger partial charge in [-0.25, -0.2) is 0 Å². The van der Waals surface area contributed by atoms with Crippen molar-refractivity contribution < 1.29 is 4.79 Å². The first kappa shape index (κ1) is 21.3. The minimum absolute atomic E-state index is 0.00787. The van der Waals surface area contributed by atoms with Crippen LogP contribution < -0.4 is 16.8 Å². The lowest BCUT2D eigenvalue weighted by Gasteiger charge is -2.12. The van der Waals surface area contributed by atoms with Crippen LogP contribution in [0.15, 0.2) is 78.9 Å². The Morgan fingerprint density at radius 1 is 0.906 bits per heavy atom. The summed E-state index contributed by atoms with van der Waals surface area (Å²) in [5.74, 6) is -0.134. The minimum atomic E-state index is -0.142. The summed E-state index contributed by atoms with van der Waals surface area (Å²) in [6, 6.07) is 25.6. The van der Waals surface area contributed by atoms with Crippen LogP contribution in [0.3, 0.4) is 0 Å². The maximum Gasteiger partial charge on any atom is 0.268 e. The van der Waals surface area contributed by atoms with Crippen molar-refractivity contribution in [3.05, 3.63) is 107 Å². The number of aryl methyl sites for hydroxylation is 2. The number of nitrogens with one attached hydrogen (secondary N) is 2. The second kappa shape index (κ2) is 9.49. The summed E-state index contributed by atoms with van der Waals surface area (Å²) in [6.07, 6.45) is 0.785. The van der Waals surface area contributed by atoms with E-state index in [2.05, 4.69) is 17.4 Å². The molecule has 162 valence electrons. The van der Waals surface area contributed by atoms with Gasteiger partial charge >= 0.3 is 0 Å². The quantitative estimate of drug-likeness (QED) is 0.256. The molecule has 4 rings (SSSR count). The molecule has 0 aliphatic carbocycles. The van der Waals surface area contributed by atoms with Gasteiger partial charge in [-0.05, 0) is 35.2 Å². The SMILES string of the molecule is N=C(N)c1ccc2cc(C(=O)NCc3cccc(CN)c3)n(CCc3ccccc3)c2c1. The van der Waals surface area contributed by atoms with Gasteiger partial charge in [-0.2, -0.15) is 0 Å². The summed E-state index contributed by atoms with van der Waals surface area (Å²) in [6.45, 7) is 1.53.